The second-order valence-corrected chi connectivity index (χ2v) is 7.12. The van der Waals surface area contributed by atoms with Crippen molar-refractivity contribution in [3.05, 3.63) is 0 Å². The lowest BCUT2D eigenvalue weighted by Crippen LogP contribution is -2.25. The SMILES string of the molecule is CCCCC(CC)CNC(=S)SSC(N)=S. The average Bonchev–Trinajstić information content (AvgIpc) is 2.26. The second-order valence-electron chi connectivity index (χ2n) is 3.57. The van der Waals surface area contributed by atoms with Gasteiger partial charge in [-0.15, -0.1) is 0 Å². The van der Waals surface area contributed by atoms with E-state index in [9.17, 15) is 0 Å². The summed E-state index contributed by atoms with van der Waals surface area (Å²) < 4.78 is 1.19. The fraction of sp³-hybridized carbons (Fsp3) is 0.800. The maximum absolute atomic E-state index is 5.37. The van der Waals surface area contributed by atoms with Gasteiger partial charge in [-0.25, -0.2) is 0 Å². The van der Waals surface area contributed by atoms with Gasteiger partial charge in [0.15, 0.2) is 0 Å². The Morgan fingerprint density at radius 3 is 2.50 bits per heavy atom. The first kappa shape index (κ1) is 16.5. The maximum Gasteiger partial charge on any atom is 0.144 e. The summed E-state index contributed by atoms with van der Waals surface area (Å²) in [7, 11) is 2.77. The minimum Gasteiger partial charge on any atom is -0.384 e. The number of rotatable bonds is 6. The summed E-state index contributed by atoms with van der Waals surface area (Å²) in [5, 5.41) is 3.26. The molecule has 0 bridgehead atoms. The predicted octanol–water partition coefficient (Wildman–Crippen LogP) is 3.70. The topological polar surface area (TPSA) is 38.0 Å². The van der Waals surface area contributed by atoms with E-state index in [0.717, 1.165) is 10.9 Å². The van der Waals surface area contributed by atoms with Gasteiger partial charge >= 0.3 is 0 Å². The first-order chi connectivity index (χ1) is 7.60. The van der Waals surface area contributed by atoms with Gasteiger partial charge in [0.2, 0.25) is 0 Å². The molecular weight excluding hydrogens is 276 g/mol. The van der Waals surface area contributed by atoms with Crippen molar-refractivity contribution in [2.24, 2.45) is 11.7 Å². The van der Waals surface area contributed by atoms with Crippen molar-refractivity contribution >= 4 is 54.7 Å². The monoisotopic (exact) mass is 296 g/mol. The van der Waals surface area contributed by atoms with Crippen molar-refractivity contribution in [1.82, 2.24) is 5.32 Å². The molecular formula is C10H20N2S4. The molecule has 1 atom stereocenters. The highest BCUT2D eigenvalue weighted by atomic mass is 33.1. The minimum absolute atomic E-state index is 0.423. The zero-order valence-corrected chi connectivity index (χ0v) is 13.1. The van der Waals surface area contributed by atoms with Crippen molar-refractivity contribution in [2.75, 3.05) is 6.54 Å². The van der Waals surface area contributed by atoms with Gasteiger partial charge in [-0.2, -0.15) is 0 Å². The van der Waals surface area contributed by atoms with Crippen LogP contribution < -0.4 is 11.1 Å². The van der Waals surface area contributed by atoms with Crippen LogP contribution in [-0.2, 0) is 0 Å². The van der Waals surface area contributed by atoms with Crippen LogP contribution in [0.3, 0.4) is 0 Å². The van der Waals surface area contributed by atoms with Gasteiger partial charge in [0.1, 0.15) is 8.64 Å². The first-order valence-corrected chi connectivity index (χ1v) is 8.48. The van der Waals surface area contributed by atoms with Crippen LogP contribution in [-0.4, -0.2) is 15.2 Å². The van der Waals surface area contributed by atoms with E-state index in [1.54, 1.807) is 0 Å². The Labute approximate surface area is 117 Å². The third-order valence-electron chi connectivity index (χ3n) is 2.28. The Morgan fingerprint density at radius 2 is 2.00 bits per heavy atom. The molecule has 0 aliphatic rings. The normalized spacial score (nSPS) is 12.1. The quantitative estimate of drug-likeness (QED) is 0.575. The minimum atomic E-state index is 0.423. The van der Waals surface area contributed by atoms with Crippen LogP contribution in [0.15, 0.2) is 0 Å². The number of nitrogens with two attached hydrogens (primary N) is 1. The van der Waals surface area contributed by atoms with Crippen LogP contribution in [0.1, 0.15) is 39.5 Å². The molecule has 94 valence electrons. The van der Waals surface area contributed by atoms with E-state index in [1.165, 1.54) is 47.3 Å². The van der Waals surface area contributed by atoms with Crippen LogP contribution in [0.4, 0.5) is 0 Å². The predicted molar refractivity (Wildman–Crippen MR) is 85.9 cm³/mol. The maximum atomic E-state index is 5.37. The molecule has 2 nitrogen and oxygen atoms in total. The highest BCUT2D eigenvalue weighted by molar-refractivity contribution is 8.89. The lowest BCUT2D eigenvalue weighted by Gasteiger charge is -2.15. The molecule has 0 aromatic rings. The molecule has 0 fully saturated rings. The van der Waals surface area contributed by atoms with Crippen LogP contribution in [0.5, 0.6) is 0 Å². The molecule has 0 spiro atoms. The van der Waals surface area contributed by atoms with Crippen LogP contribution in [0, 0.1) is 5.92 Å². The fourth-order valence-electron chi connectivity index (χ4n) is 1.28. The molecule has 0 rings (SSSR count). The van der Waals surface area contributed by atoms with Gasteiger partial charge in [-0.3, -0.25) is 0 Å². The van der Waals surface area contributed by atoms with Gasteiger partial charge in [0.05, 0.1) is 0 Å². The van der Waals surface area contributed by atoms with Crippen molar-refractivity contribution < 1.29 is 0 Å². The van der Waals surface area contributed by atoms with E-state index in [1.807, 2.05) is 0 Å². The van der Waals surface area contributed by atoms with Gasteiger partial charge in [-0.05, 0) is 33.9 Å². The van der Waals surface area contributed by atoms with Gasteiger partial charge in [0, 0.05) is 6.54 Å². The fourth-order valence-corrected chi connectivity index (χ4v) is 2.93. The van der Waals surface area contributed by atoms with E-state index in [-0.39, 0.29) is 0 Å². The summed E-state index contributed by atoms with van der Waals surface area (Å²) >= 11 is 9.93. The molecule has 0 aliphatic heterocycles. The van der Waals surface area contributed by atoms with Crippen molar-refractivity contribution in [2.45, 2.75) is 39.5 Å². The largest absolute Gasteiger partial charge is 0.384 e. The van der Waals surface area contributed by atoms with Gasteiger partial charge in [0.25, 0.3) is 0 Å². The second kappa shape index (κ2) is 10.6. The Kier molecular flexibility index (Phi) is 10.9. The highest BCUT2D eigenvalue weighted by Crippen LogP contribution is 2.22. The smallest absolute Gasteiger partial charge is 0.144 e. The zero-order chi connectivity index (χ0) is 12.4. The molecule has 16 heavy (non-hydrogen) atoms. The third-order valence-corrected chi connectivity index (χ3v) is 5.39. The molecule has 0 aromatic heterocycles. The molecule has 0 heterocycles. The number of hydrogen-bond acceptors (Lipinski definition) is 4. The molecule has 1 unspecified atom stereocenters. The molecule has 0 aliphatic carbocycles. The van der Waals surface area contributed by atoms with E-state index in [2.05, 4.69) is 19.2 Å². The number of hydrogen-bond donors (Lipinski definition) is 2. The molecule has 0 radical (unpaired) electrons. The third kappa shape index (κ3) is 9.69. The molecule has 0 saturated carbocycles. The number of thiocarbonyl (C=S) groups is 2. The Hall–Kier alpha value is 0.480. The first-order valence-electron chi connectivity index (χ1n) is 5.51. The Balaban J connectivity index is 3.66. The lowest BCUT2D eigenvalue weighted by atomic mass is 10.00. The standard InChI is InChI=1S/C10H20N2S4/c1-3-5-6-8(4-2)7-12-10(14)16-15-9(11)13/h8H,3-7H2,1-2H3,(H2,11,13)(H,12,14). The lowest BCUT2D eigenvalue weighted by molar-refractivity contribution is 0.447. The van der Waals surface area contributed by atoms with Crippen LogP contribution >= 0.6 is 46.0 Å². The molecule has 0 amide bonds. The Bertz CT molecular complexity index is 221. The Morgan fingerprint density at radius 1 is 1.31 bits per heavy atom. The van der Waals surface area contributed by atoms with Crippen LogP contribution in [0.2, 0.25) is 0 Å². The summed E-state index contributed by atoms with van der Waals surface area (Å²) in [5.74, 6) is 0.716. The van der Waals surface area contributed by atoms with Crippen molar-refractivity contribution in [1.29, 1.82) is 0 Å². The summed E-state index contributed by atoms with van der Waals surface area (Å²) in [5.41, 5.74) is 5.37. The molecule has 0 aromatic carbocycles. The van der Waals surface area contributed by atoms with Gasteiger partial charge < -0.3 is 11.1 Å². The molecule has 0 saturated heterocycles. The number of nitrogens with one attached hydrogen (secondary N) is 1. The van der Waals surface area contributed by atoms with Crippen molar-refractivity contribution in [3.63, 3.8) is 0 Å². The number of unbranched alkanes of at least 4 members (excludes halogenated alkanes) is 1. The van der Waals surface area contributed by atoms with E-state index < -0.39 is 0 Å². The van der Waals surface area contributed by atoms with E-state index in [0.29, 0.717) is 10.2 Å². The average molecular weight is 297 g/mol. The van der Waals surface area contributed by atoms with E-state index in [4.69, 9.17) is 30.2 Å². The van der Waals surface area contributed by atoms with Gasteiger partial charge in [-0.1, -0.05) is 57.5 Å². The summed E-state index contributed by atoms with van der Waals surface area (Å²) in [6.45, 7) is 5.40. The highest BCUT2D eigenvalue weighted by Gasteiger charge is 2.07. The zero-order valence-electron chi connectivity index (χ0n) is 9.82. The van der Waals surface area contributed by atoms with E-state index >= 15 is 0 Å². The molecule has 6 heteroatoms. The van der Waals surface area contributed by atoms with Crippen LogP contribution in [0.25, 0.3) is 0 Å². The summed E-state index contributed by atoms with van der Waals surface area (Å²) in [6, 6.07) is 0. The summed E-state index contributed by atoms with van der Waals surface area (Å²) in [6.07, 6.45) is 5.02. The van der Waals surface area contributed by atoms with Crippen molar-refractivity contribution in [3.8, 4) is 0 Å². The molecule has 3 N–H and O–H groups in total. The summed E-state index contributed by atoms with van der Waals surface area (Å²) in [4.78, 5) is 0.